The number of aliphatic hydroxyl groups excluding tert-OH is 1. The summed E-state index contributed by atoms with van der Waals surface area (Å²) in [5.41, 5.74) is 5.61. The number of aliphatic hydroxyl groups is 1. The Balaban J connectivity index is 1.52. The molecule has 14 heteroatoms. The van der Waals surface area contributed by atoms with Gasteiger partial charge in [-0.25, -0.2) is 9.97 Å². The Labute approximate surface area is 232 Å². The zero-order valence-corrected chi connectivity index (χ0v) is 22.3. The van der Waals surface area contributed by atoms with Crippen LogP contribution in [0.15, 0.2) is 18.3 Å². The van der Waals surface area contributed by atoms with E-state index in [1.54, 1.807) is 6.20 Å². The molecule has 3 aromatic rings. The zero-order chi connectivity index (χ0) is 27.9. The molecule has 0 unspecified atom stereocenters. The molecule has 0 bridgehead atoms. The lowest BCUT2D eigenvalue weighted by atomic mass is 9.85. The summed E-state index contributed by atoms with van der Waals surface area (Å²) in [4.78, 5) is 25.5. The number of aromatic nitrogens is 4. The van der Waals surface area contributed by atoms with Crippen LogP contribution in [0.5, 0.6) is 0 Å². The number of imidazole rings is 1. The van der Waals surface area contributed by atoms with Crippen molar-refractivity contribution in [1.82, 2.24) is 19.5 Å². The van der Waals surface area contributed by atoms with E-state index in [0.29, 0.717) is 49.2 Å². The van der Waals surface area contributed by atoms with Crippen molar-refractivity contribution >= 4 is 57.9 Å². The maximum Gasteiger partial charge on any atom is 0.416 e. The number of carbonyl (C=O) groups is 1. The van der Waals surface area contributed by atoms with Gasteiger partial charge in [0.1, 0.15) is 5.52 Å². The second-order valence-corrected chi connectivity index (χ2v) is 11.0. The van der Waals surface area contributed by atoms with Crippen LogP contribution in [-0.4, -0.2) is 42.7 Å². The van der Waals surface area contributed by atoms with E-state index in [-0.39, 0.29) is 51.7 Å². The molecule has 5 N–H and O–H groups in total. The number of primary amides is 1. The Morgan fingerprint density at radius 2 is 1.77 bits per heavy atom. The lowest BCUT2D eigenvalue weighted by Gasteiger charge is -2.29. The summed E-state index contributed by atoms with van der Waals surface area (Å²) in [5.74, 6) is 0.103. The summed E-state index contributed by atoms with van der Waals surface area (Å²) in [6, 6.07) is 1.51. The van der Waals surface area contributed by atoms with Crippen molar-refractivity contribution in [3.8, 4) is 0 Å². The molecular formula is C25H28Cl2F3N7O2. The van der Waals surface area contributed by atoms with Crippen molar-refractivity contribution < 1.29 is 23.1 Å². The van der Waals surface area contributed by atoms with Gasteiger partial charge in [-0.2, -0.15) is 18.2 Å². The fourth-order valence-electron chi connectivity index (χ4n) is 5.46. The van der Waals surface area contributed by atoms with E-state index in [0.717, 1.165) is 31.4 Å². The molecule has 0 spiro atoms. The number of alkyl halides is 3. The molecule has 9 nitrogen and oxygen atoms in total. The highest BCUT2D eigenvalue weighted by atomic mass is 35.5. The molecule has 2 fully saturated rings. The first kappa shape index (κ1) is 27.7. The van der Waals surface area contributed by atoms with Crippen LogP contribution in [0.3, 0.4) is 0 Å². The highest BCUT2D eigenvalue weighted by Gasteiger charge is 2.33. The van der Waals surface area contributed by atoms with Crippen LogP contribution < -0.4 is 16.4 Å². The fourth-order valence-corrected chi connectivity index (χ4v) is 6.04. The summed E-state index contributed by atoms with van der Waals surface area (Å²) < 4.78 is 41.6. The lowest BCUT2D eigenvalue weighted by molar-refractivity contribution is -0.137. The SMILES string of the molecule is NC(=O)C1CCC(n2c(Nc3c(Cl)cc(C(F)(F)F)cc3Cl)nc3cnc(N[C@@H]4CCC[C@H](O)C4)nc32)CC1. The lowest BCUT2D eigenvalue weighted by Crippen LogP contribution is -2.30. The van der Waals surface area contributed by atoms with Crippen molar-refractivity contribution in [3.05, 3.63) is 33.9 Å². The molecule has 2 saturated carbocycles. The van der Waals surface area contributed by atoms with Gasteiger partial charge < -0.3 is 21.5 Å². The third-order valence-electron chi connectivity index (χ3n) is 7.48. The Morgan fingerprint density at radius 1 is 1.08 bits per heavy atom. The second-order valence-electron chi connectivity index (χ2n) is 10.2. The summed E-state index contributed by atoms with van der Waals surface area (Å²) >= 11 is 12.5. The standard InChI is InChI=1S/C25H28Cl2F3N7O2/c26-17-8-13(25(28,29)30)9-18(27)20(17)35-24-34-19-11-32-23(33-14-2-1-3-16(38)10-14)36-22(19)37(24)15-6-4-12(5-7-15)21(31)39/h8-9,11-12,14-16,38H,1-7,10H2,(H2,31,39)(H,34,35)(H,32,33,36)/t12?,14-,15?,16+/m1/s1. The summed E-state index contributed by atoms with van der Waals surface area (Å²) in [7, 11) is 0. The highest BCUT2D eigenvalue weighted by molar-refractivity contribution is 6.39. The number of benzene rings is 1. The molecule has 5 rings (SSSR count). The number of carbonyl (C=O) groups excluding carboxylic acids is 1. The van der Waals surface area contributed by atoms with E-state index in [9.17, 15) is 23.1 Å². The molecule has 210 valence electrons. The van der Waals surface area contributed by atoms with Crippen LogP contribution in [0.4, 0.5) is 30.8 Å². The van der Waals surface area contributed by atoms with Crippen molar-refractivity contribution in [2.45, 2.75) is 75.7 Å². The van der Waals surface area contributed by atoms with Gasteiger partial charge in [-0.05, 0) is 63.5 Å². The monoisotopic (exact) mass is 585 g/mol. The number of nitrogens with zero attached hydrogens (tertiary/aromatic N) is 4. The van der Waals surface area contributed by atoms with Crippen molar-refractivity contribution in [3.63, 3.8) is 0 Å². The predicted molar refractivity (Wildman–Crippen MR) is 142 cm³/mol. The van der Waals surface area contributed by atoms with Gasteiger partial charge in [0.15, 0.2) is 5.65 Å². The molecule has 0 saturated heterocycles. The Hall–Kier alpha value is -2.83. The second kappa shape index (κ2) is 11.0. The van der Waals surface area contributed by atoms with Gasteiger partial charge in [0.05, 0.1) is 33.6 Å². The number of halogens is 5. The van der Waals surface area contributed by atoms with E-state index in [2.05, 4.69) is 20.6 Å². The van der Waals surface area contributed by atoms with Gasteiger partial charge in [0.2, 0.25) is 17.8 Å². The normalized spacial score (nSPS) is 24.1. The first-order valence-corrected chi connectivity index (χ1v) is 13.6. The number of nitrogens with two attached hydrogens (primary N) is 1. The predicted octanol–water partition coefficient (Wildman–Crippen LogP) is 5.83. The van der Waals surface area contributed by atoms with E-state index < -0.39 is 11.7 Å². The van der Waals surface area contributed by atoms with Gasteiger partial charge >= 0.3 is 6.18 Å². The van der Waals surface area contributed by atoms with Gasteiger partial charge in [0.25, 0.3) is 0 Å². The molecule has 0 radical (unpaired) electrons. The zero-order valence-electron chi connectivity index (χ0n) is 20.8. The van der Waals surface area contributed by atoms with Gasteiger partial charge in [-0.15, -0.1) is 0 Å². The number of hydrogen-bond acceptors (Lipinski definition) is 7. The maximum atomic E-state index is 13.2. The topological polar surface area (TPSA) is 131 Å². The van der Waals surface area contributed by atoms with Gasteiger partial charge in [-0.1, -0.05) is 23.2 Å². The molecule has 1 amide bonds. The minimum Gasteiger partial charge on any atom is -0.393 e. The Morgan fingerprint density at radius 3 is 2.38 bits per heavy atom. The summed E-state index contributed by atoms with van der Waals surface area (Å²) in [6.45, 7) is 0. The number of fused-ring (bicyclic) bond motifs is 1. The summed E-state index contributed by atoms with van der Waals surface area (Å²) in [5, 5.41) is 15.9. The molecule has 2 atom stereocenters. The Bertz CT molecular complexity index is 1350. The van der Waals surface area contributed by atoms with Crippen LogP contribution >= 0.6 is 23.2 Å². The molecule has 2 aromatic heterocycles. The Kier molecular flexibility index (Phi) is 7.80. The smallest absolute Gasteiger partial charge is 0.393 e. The number of hydrogen-bond donors (Lipinski definition) is 4. The van der Waals surface area contributed by atoms with Gasteiger partial charge in [0, 0.05) is 18.0 Å². The minimum absolute atomic E-state index is 0.0240. The third-order valence-corrected chi connectivity index (χ3v) is 8.08. The van der Waals surface area contributed by atoms with Crippen LogP contribution in [0.1, 0.15) is 63.0 Å². The average Bonchev–Trinajstić information content (AvgIpc) is 3.23. The van der Waals surface area contributed by atoms with Crippen LogP contribution in [0.25, 0.3) is 11.2 Å². The number of amides is 1. The van der Waals surface area contributed by atoms with Crippen molar-refractivity contribution in [2.24, 2.45) is 11.7 Å². The quantitative estimate of drug-likeness (QED) is 0.286. The average molecular weight is 586 g/mol. The van der Waals surface area contributed by atoms with E-state index >= 15 is 0 Å². The molecule has 2 aliphatic carbocycles. The largest absolute Gasteiger partial charge is 0.416 e. The molecule has 0 aliphatic heterocycles. The van der Waals surface area contributed by atoms with Crippen molar-refractivity contribution in [1.29, 1.82) is 0 Å². The molecule has 1 aromatic carbocycles. The third kappa shape index (κ3) is 6.02. The molecular weight excluding hydrogens is 558 g/mol. The van der Waals surface area contributed by atoms with E-state index in [1.165, 1.54) is 0 Å². The fraction of sp³-hybridized carbons (Fsp3) is 0.520. The number of nitrogens with one attached hydrogen (secondary N) is 2. The van der Waals surface area contributed by atoms with Crippen LogP contribution in [0, 0.1) is 5.92 Å². The van der Waals surface area contributed by atoms with E-state index in [1.807, 2.05) is 4.57 Å². The van der Waals surface area contributed by atoms with Crippen LogP contribution in [0.2, 0.25) is 10.0 Å². The number of rotatable bonds is 6. The molecule has 39 heavy (non-hydrogen) atoms. The first-order chi connectivity index (χ1) is 18.5. The maximum absolute atomic E-state index is 13.2. The number of anilines is 3. The molecule has 2 heterocycles. The highest BCUT2D eigenvalue weighted by Crippen LogP contribution is 2.42. The van der Waals surface area contributed by atoms with Gasteiger partial charge in [-0.3, -0.25) is 9.36 Å². The summed E-state index contributed by atoms with van der Waals surface area (Å²) in [6.07, 6.45) is 2.11. The van der Waals surface area contributed by atoms with E-state index in [4.69, 9.17) is 33.9 Å². The van der Waals surface area contributed by atoms with Crippen molar-refractivity contribution in [2.75, 3.05) is 10.6 Å². The molecule has 2 aliphatic rings. The van der Waals surface area contributed by atoms with Crippen LogP contribution in [-0.2, 0) is 11.0 Å². The first-order valence-electron chi connectivity index (χ1n) is 12.8. The minimum atomic E-state index is -4.61.